The summed E-state index contributed by atoms with van der Waals surface area (Å²) in [6.45, 7) is 0.335. The van der Waals surface area contributed by atoms with E-state index in [1.54, 1.807) is 19.3 Å². The van der Waals surface area contributed by atoms with Gasteiger partial charge in [0, 0.05) is 36.8 Å². The molecule has 0 amide bonds. The van der Waals surface area contributed by atoms with Gasteiger partial charge in [-0.15, -0.1) is 0 Å². The molecule has 0 aliphatic rings. The molecule has 5 heteroatoms. The van der Waals surface area contributed by atoms with Crippen molar-refractivity contribution < 1.29 is 9.90 Å². The number of hydrogen-bond acceptors (Lipinski definition) is 4. The molecule has 0 aliphatic heterocycles. The van der Waals surface area contributed by atoms with Crippen LogP contribution < -0.4 is 11.1 Å². The average molecular weight is 323 g/mol. The summed E-state index contributed by atoms with van der Waals surface area (Å²) in [5.74, 6) is -0.841. The van der Waals surface area contributed by atoms with Crippen LogP contribution in [0.25, 0.3) is 16.8 Å². The highest BCUT2D eigenvalue weighted by Gasteiger charge is 2.08. The van der Waals surface area contributed by atoms with Crippen molar-refractivity contribution in [2.75, 3.05) is 18.9 Å². The summed E-state index contributed by atoms with van der Waals surface area (Å²) in [7, 11) is 1.68. The van der Waals surface area contributed by atoms with Crippen LogP contribution in [0.4, 0.5) is 5.69 Å². The second-order valence-corrected chi connectivity index (χ2v) is 5.23. The van der Waals surface area contributed by atoms with Crippen LogP contribution in [0.15, 0.2) is 59.6 Å². The molecular weight excluding hydrogens is 302 g/mol. The number of nitrogens with two attached hydrogens (primary N) is 1. The predicted molar refractivity (Wildman–Crippen MR) is 99.2 cm³/mol. The van der Waals surface area contributed by atoms with Gasteiger partial charge in [-0.2, -0.15) is 0 Å². The number of hydrogen-bond donors (Lipinski definition) is 3. The van der Waals surface area contributed by atoms with E-state index in [1.165, 1.54) is 0 Å². The second kappa shape index (κ2) is 8.53. The summed E-state index contributed by atoms with van der Waals surface area (Å²) in [5, 5.41) is 11.9. The Morgan fingerprint density at radius 1 is 1.21 bits per heavy atom. The molecule has 4 N–H and O–H groups in total. The number of carbonyl (C=O) groups is 1. The van der Waals surface area contributed by atoms with Crippen LogP contribution in [-0.2, 0) is 4.79 Å². The lowest BCUT2D eigenvalue weighted by Gasteiger charge is -2.14. The maximum Gasteiger partial charge on any atom is 0.305 e. The van der Waals surface area contributed by atoms with Crippen LogP contribution in [0.2, 0.25) is 0 Å². The van der Waals surface area contributed by atoms with Gasteiger partial charge in [-0.05, 0) is 29.3 Å². The Labute approximate surface area is 141 Å². The first-order chi connectivity index (χ1) is 11.6. The second-order valence-electron chi connectivity index (χ2n) is 5.23. The molecule has 0 aliphatic carbocycles. The molecule has 2 aromatic carbocycles. The molecule has 0 heterocycles. The zero-order valence-corrected chi connectivity index (χ0v) is 13.6. The number of aliphatic imine (C=N–C) groups is 1. The summed E-state index contributed by atoms with van der Waals surface area (Å²) < 4.78 is 0. The van der Waals surface area contributed by atoms with Crippen LogP contribution in [0.3, 0.4) is 0 Å². The van der Waals surface area contributed by atoms with E-state index in [-0.39, 0.29) is 6.42 Å². The fourth-order valence-corrected chi connectivity index (χ4v) is 2.30. The van der Waals surface area contributed by atoms with Crippen molar-refractivity contribution in [3.63, 3.8) is 0 Å². The molecule has 0 aromatic heterocycles. The Hall–Kier alpha value is -3.08. The number of nitrogens with zero attached hydrogens (tertiary/aromatic N) is 1. The predicted octanol–water partition coefficient (Wildman–Crippen LogP) is 3.24. The third kappa shape index (κ3) is 4.71. The first kappa shape index (κ1) is 17.3. The summed E-state index contributed by atoms with van der Waals surface area (Å²) in [5.41, 5.74) is 10.5. The third-order valence-corrected chi connectivity index (χ3v) is 3.50. The summed E-state index contributed by atoms with van der Waals surface area (Å²) in [6, 6.07) is 15.9. The first-order valence-electron chi connectivity index (χ1n) is 7.65. The van der Waals surface area contributed by atoms with Gasteiger partial charge in [0.2, 0.25) is 0 Å². The molecule has 5 nitrogen and oxygen atoms in total. The smallest absolute Gasteiger partial charge is 0.305 e. The van der Waals surface area contributed by atoms with Gasteiger partial charge < -0.3 is 16.2 Å². The van der Waals surface area contributed by atoms with Gasteiger partial charge in [-0.1, -0.05) is 36.4 Å². The van der Waals surface area contributed by atoms with Crippen LogP contribution in [0.1, 0.15) is 12.0 Å². The van der Waals surface area contributed by atoms with E-state index in [9.17, 15) is 4.79 Å². The lowest BCUT2D eigenvalue weighted by molar-refractivity contribution is -0.136. The van der Waals surface area contributed by atoms with Crippen LogP contribution in [-0.4, -0.2) is 30.9 Å². The molecule has 0 atom stereocenters. The molecule has 0 fully saturated rings. The van der Waals surface area contributed by atoms with Crippen molar-refractivity contribution in [3.8, 4) is 11.1 Å². The minimum atomic E-state index is -0.841. The Bertz CT molecular complexity index is 752. The zero-order chi connectivity index (χ0) is 17.4. The monoisotopic (exact) mass is 323 g/mol. The number of aliphatic carboxylic acids is 1. The van der Waals surface area contributed by atoms with Gasteiger partial charge in [-0.3, -0.25) is 9.79 Å². The standard InChI is InChI=1S/C19H21N3O2/c1-21-11-9-17(20)16-13-15(14-5-3-2-4-6-14)7-8-18(16)22-12-10-19(23)24/h2-9,11,13,22H,10,12,20H2,1H3,(H,23,24)/b17-9-,21-11?. The van der Waals surface area contributed by atoms with E-state index in [0.717, 1.165) is 22.4 Å². The van der Waals surface area contributed by atoms with E-state index in [0.29, 0.717) is 12.2 Å². The first-order valence-corrected chi connectivity index (χ1v) is 7.65. The molecule has 2 rings (SSSR count). The molecule has 0 spiro atoms. The van der Waals surface area contributed by atoms with E-state index < -0.39 is 5.97 Å². The Balaban J connectivity index is 2.37. The topological polar surface area (TPSA) is 87.7 Å². The summed E-state index contributed by atoms with van der Waals surface area (Å²) >= 11 is 0. The molecule has 2 aromatic rings. The Morgan fingerprint density at radius 3 is 2.62 bits per heavy atom. The van der Waals surface area contributed by atoms with Crippen LogP contribution in [0, 0.1) is 0 Å². The minimum absolute atomic E-state index is 0.0416. The van der Waals surface area contributed by atoms with Gasteiger partial charge >= 0.3 is 5.97 Å². The quantitative estimate of drug-likeness (QED) is 0.683. The maximum absolute atomic E-state index is 10.7. The maximum atomic E-state index is 10.7. The van der Waals surface area contributed by atoms with Crippen molar-refractivity contribution >= 4 is 23.6 Å². The SMILES string of the molecule is CN=C/C=C(\N)c1cc(-c2ccccc2)ccc1NCCC(=O)O. The van der Waals surface area contributed by atoms with E-state index in [2.05, 4.69) is 10.3 Å². The Morgan fingerprint density at radius 2 is 1.96 bits per heavy atom. The van der Waals surface area contributed by atoms with Gasteiger partial charge in [-0.25, -0.2) is 0 Å². The number of rotatable bonds is 7. The zero-order valence-electron chi connectivity index (χ0n) is 13.6. The summed E-state index contributed by atoms with van der Waals surface area (Å²) in [4.78, 5) is 14.6. The number of nitrogens with one attached hydrogen (secondary N) is 1. The molecule has 0 saturated heterocycles. The normalized spacial score (nSPS) is 11.6. The number of carboxylic acid groups (broad SMARTS) is 1. The van der Waals surface area contributed by atoms with Gasteiger partial charge in [0.15, 0.2) is 0 Å². The van der Waals surface area contributed by atoms with Crippen molar-refractivity contribution in [1.29, 1.82) is 0 Å². The molecule has 0 unspecified atom stereocenters. The number of anilines is 1. The van der Waals surface area contributed by atoms with Gasteiger partial charge in [0.1, 0.15) is 0 Å². The largest absolute Gasteiger partial charge is 0.481 e. The Kier molecular flexibility index (Phi) is 6.14. The fourth-order valence-electron chi connectivity index (χ4n) is 2.30. The summed E-state index contributed by atoms with van der Waals surface area (Å²) in [6.07, 6.45) is 3.40. The molecule has 0 bridgehead atoms. The van der Waals surface area contributed by atoms with Gasteiger partial charge in [0.05, 0.1) is 6.42 Å². The van der Waals surface area contributed by atoms with Crippen molar-refractivity contribution in [3.05, 3.63) is 60.2 Å². The highest BCUT2D eigenvalue weighted by Crippen LogP contribution is 2.28. The van der Waals surface area contributed by atoms with Gasteiger partial charge in [0.25, 0.3) is 0 Å². The highest BCUT2D eigenvalue weighted by molar-refractivity contribution is 5.88. The van der Waals surface area contributed by atoms with Crippen molar-refractivity contribution in [1.82, 2.24) is 0 Å². The lowest BCUT2D eigenvalue weighted by Crippen LogP contribution is -2.10. The third-order valence-electron chi connectivity index (χ3n) is 3.50. The van der Waals surface area contributed by atoms with E-state index in [4.69, 9.17) is 10.8 Å². The molecular formula is C19H21N3O2. The highest BCUT2D eigenvalue weighted by atomic mass is 16.4. The minimum Gasteiger partial charge on any atom is -0.481 e. The van der Waals surface area contributed by atoms with Crippen LogP contribution in [0.5, 0.6) is 0 Å². The number of benzene rings is 2. The van der Waals surface area contributed by atoms with E-state index >= 15 is 0 Å². The average Bonchev–Trinajstić information content (AvgIpc) is 2.60. The molecule has 24 heavy (non-hydrogen) atoms. The lowest BCUT2D eigenvalue weighted by atomic mass is 10.00. The molecule has 124 valence electrons. The molecule has 0 saturated carbocycles. The molecule has 0 radical (unpaired) electrons. The van der Waals surface area contributed by atoms with E-state index in [1.807, 2.05) is 48.5 Å². The van der Waals surface area contributed by atoms with Crippen molar-refractivity contribution in [2.24, 2.45) is 10.7 Å². The van der Waals surface area contributed by atoms with Crippen LogP contribution >= 0.6 is 0 Å². The number of carboxylic acids is 1. The number of allylic oxidation sites excluding steroid dienone is 1. The van der Waals surface area contributed by atoms with Crippen molar-refractivity contribution in [2.45, 2.75) is 6.42 Å². The fraction of sp³-hybridized carbons (Fsp3) is 0.158.